The Hall–Kier alpha value is -1.64. The van der Waals surface area contributed by atoms with Gasteiger partial charge in [0.1, 0.15) is 0 Å². The molecule has 3 heteroatoms. The van der Waals surface area contributed by atoms with E-state index < -0.39 is 0 Å². The van der Waals surface area contributed by atoms with Crippen LogP contribution in [-0.4, -0.2) is 5.78 Å². The Bertz CT molecular complexity index is 356. The average Bonchev–Trinajstić information content (AvgIpc) is 2.04. The number of ketones is 1. The monoisotopic (exact) mass is 177 g/mol. The molecule has 0 bridgehead atoms. The minimum atomic E-state index is 0.0151. The lowest BCUT2D eigenvalue weighted by Gasteiger charge is -1.97. The molecule has 0 spiro atoms. The molecule has 3 nitrogen and oxygen atoms in total. The molecule has 0 aliphatic carbocycles. The Morgan fingerprint density at radius 3 is 2.77 bits per heavy atom. The quantitative estimate of drug-likeness (QED) is 0.388. The Morgan fingerprint density at radius 1 is 1.54 bits per heavy atom. The summed E-state index contributed by atoms with van der Waals surface area (Å²) in [6, 6.07) is 3.42. The molecule has 1 heterocycles. The fraction of sp³-hybridized carbons (Fsp3) is 0.200. The normalized spacial score (nSPS) is 11.4. The molecule has 68 valence electrons. The molecule has 0 saturated heterocycles. The number of aromatic nitrogens is 1. The molecular weight excluding hydrogens is 166 g/mol. The Kier molecular flexibility index (Phi) is 2.80. The highest BCUT2D eigenvalue weighted by molar-refractivity contribution is 5.96. The van der Waals surface area contributed by atoms with Crippen molar-refractivity contribution in [3.8, 4) is 0 Å². The lowest BCUT2D eigenvalue weighted by Crippen LogP contribution is -2.24. The van der Waals surface area contributed by atoms with Crippen LogP contribution in [0.5, 0.6) is 0 Å². The van der Waals surface area contributed by atoms with Crippen LogP contribution in [-0.2, 0) is 4.79 Å². The van der Waals surface area contributed by atoms with Crippen molar-refractivity contribution in [1.82, 2.24) is 0 Å². The summed E-state index contributed by atoms with van der Waals surface area (Å²) in [5, 5.41) is 10.8. The number of hydrogen-bond acceptors (Lipinski definition) is 2. The van der Waals surface area contributed by atoms with E-state index in [0.29, 0.717) is 10.3 Å². The standard InChI is InChI=1S/C10H11NO2/c1-8(9(2)12)6-10-4-3-5-11(13)7-10/h3-7H,1-2H3/b8-6+. The molecular formula is C10H11NO2. The van der Waals surface area contributed by atoms with Gasteiger partial charge in [0.25, 0.3) is 0 Å². The summed E-state index contributed by atoms with van der Waals surface area (Å²) in [7, 11) is 0. The van der Waals surface area contributed by atoms with E-state index in [0.717, 1.165) is 5.56 Å². The van der Waals surface area contributed by atoms with Crippen LogP contribution in [0, 0.1) is 5.21 Å². The molecule has 1 aromatic heterocycles. The molecule has 0 saturated carbocycles. The van der Waals surface area contributed by atoms with Crippen LogP contribution in [0.25, 0.3) is 6.08 Å². The van der Waals surface area contributed by atoms with E-state index in [-0.39, 0.29) is 5.78 Å². The zero-order valence-electron chi connectivity index (χ0n) is 7.65. The molecule has 0 fully saturated rings. The number of nitrogens with zero attached hydrogens (tertiary/aromatic N) is 1. The number of pyridine rings is 1. The number of rotatable bonds is 2. The number of hydrogen-bond donors (Lipinski definition) is 0. The third-order valence-electron chi connectivity index (χ3n) is 1.74. The number of allylic oxidation sites excluding steroid dienone is 1. The molecule has 0 aliphatic heterocycles. The lowest BCUT2D eigenvalue weighted by molar-refractivity contribution is -0.605. The highest BCUT2D eigenvalue weighted by Crippen LogP contribution is 2.04. The van der Waals surface area contributed by atoms with Crippen LogP contribution in [0.15, 0.2) is 30.1 Å². The maximum atomic E-state index is 10.9. The van der Waals surface area contributed by atoms with Crippen molar-refractivity contribution in [2.24, 2.45) is 0 Å². The van der Waals surface area contributed by atoms with Gasteiger partial charge in [0.05, 0.1) is 0 Å². The van der Waals surface area contributed by atoms with Crippen LogP contribution in [0.2, 0.25) is 0 Å². The Morgan fingerprint density at radius 2 is 2.23 bits per heavy atom. The number of carbonyl (C=O) groups is 1. The van der Waals surface area contributed by atoms with Crippen LogP contribution >= 0.6 is 0 Å². The number of Topliss-reactive ketones (excluding diaryl/α,β-unsaturated/α-hetero) is 1. The third-order valence-corrected chi connectivity index (χ3v) is 1.74. The molecule has 0 N–H and O–H groups in total. The van der Waals surface area contributed by atoms with Gasteiger partial charge in [0.15, 0.2) is 18.2 Å². The first-order valence-corrected chi connectivity index (χ1v) is 3.97. The zero-order valence-corrected chi connectivity index (χ0v) is 7.65. The van der Waals surface area contributed by atoms with E-state index in [1.165, 1.54) is 19.3 Å². The molecule has 1 rings (SSSR count). The largest absolute Gasteiger partial charge is 0.619 e. The third kappa shape index (κ3) is 2.71. The molecule has 1 aromatic rings. The molecule has 0 radical (unpaired) electrons. The molecule has 0 unspecified atom stereocenters. The maximum absolute atomic E-state index is 10.9. The highest BCUT2D eigenvalue weighted by Gasteiger charge is 1.98. The van der Waals surface area contributed by atoms with E-state index in [2.05, 4.69) is 0 Å². The van der Waals surface area contributed by atoms with E-state index in [1.807, 2.05) is 0 Å². The van der Waals surface area contributed by atoms with Crippen molar-refractivity contribution in [2.45, 2.75) is 13.8 Å². The van der Waals surface area contributed by atoms with Gasteiger partial charge in [-0.15, -0.1) is 0 Å². The van der Waals surface area contributed by atoms with Crippen molar-refractivity contribution in [3.63, 3.8) is 0 Å². The summed E-state index contributed by atoms with van der Waals surface area (Å²) < 4.78 is 0.708. The number of carbonyl (C=O) groups excluding carboxylic acids is 1. The van der Waals surface area contributed by atoms with Gasteiger partial charge in [-0.05, 0) is 31.6 Å². The van der Waals surface area contributed by atoms with Crippen molar-refractivity contribution >= 4 is 11.9 Å². The zero-order chi connectivity index (χ0) is 9.84. The van der Waals surface area contributed by atoms with Gasteiger partial charge in [0.2, 0.25) is 0 Å². The fourth-order valence-electron chi connectivity index (χ4n) is 0.909. The molecule has 0 aliphatic rings. The van der Waals surface area contributed by atoms with Crippen molar-refractivity contribution < 1.29 is 9.52 Å². The minimum absolute atomic E-state index is 0.0151. The summed E-state index contributed by atoms with van der Waals surface area (Å²) in [5.41, 5.74) is 1.39. The topological polar surface area (TPSA) is 44.0 Å². The fourth-order valence-corrected chi connectivity index (χ4v) is 0.909. The molecule has 0 amide bonds. The molecule has 13 heavy (non-hydrogen) atoms. The summed E-state index contributed by atoms with van der Waals surface area (Å²) in [6.45, 7) is 3.23. The van der Waals surface area contributed by atoms with Gasteiger partial charge >= 0.3 is 0 Å². The second-order valence-electron chi connectivity index (χ2n) is 2.88. The average molecular weight is 177 g/mol. The van der Waals surface area contributed by atoms with Crippen LogP contribution in [0.4, 0.5) is 0 Å². The summed E-state index contributed by atoms with van der Waals surface area (Å²) in [4.78, 5) is 10.9. The van der Waals surface area contributed by atoms with Crippen LogP contribution in [0.1, 0.15) is 19.4 Å². The van der Waals surface area contributed by atoms with Gasteiger partial charge in [0, 0.05) is 11.6 Å². The van der Waals surface area contributed by atoms with Gasteiger partial charge in [-0.1, -0.05) is 0 Å². The smallest absolute Gasteiger partial charge is 0.187 e. The SMILES string of the molecule is CC(=O)/C(C)=C/c1ccc[n+]([O-])c1. The summed E-state index contributed by atoms with van der Waals surface area (Å²) in [5.74, 6) is 0.0151. The second kappa shape index (κ2) is 3.85. The van der Waals surface area contributed by atoms with E-state index in [4.69, 9.17) is 0 Å². The minimum Gasteiger partial charge on any atom is -0.619 e. The van der Waals surface area contributed by atoms with Crippen molar-refractivity contribution in [3.05, 3.63) is 40.9 Å². The predicted molar refractivity (Wildman–Crippen MR) is 49.7 cm³/mol. The summed E-state index contributed by atoms with van der Waals surface area (Å²) >= 11 is 0. The summed E-state index contributed by atoms with van der Waals surface area (Å²) in [6.07, 6.45) is 4.52. The van der Waals surface area contributed by atoms with E-state index >= 15 is 0 Å². The van der Waals surface area contributed by atoms with Crippen molar-refractivity contribution in [1.29, 1.82) is 0 Å². The second-order valence-corrected chi connectivity index (χ2v) is 2.88. The maximum Gasteiger partial charge on any atom is 0.187 e. The van der Waals surface area contributed by atoms with Crippen LogP contribution < -0.4 is 4.73 Å². The van der Waals surface area contributed by atoms with Gasteiger partial charge in [-0.2, -0.15) is 4.73 Å². The van der Waals surface area contributed by atoms with E-state index in [1.54, 1.807) is 25.1 Å². The molecule has 0 atom stereocenters. The first-order valence-electron chi connectivity index (χ1n) is 3.97. The first kappa shape index (κ1) is 9.45. The van der Waals surface area contributed by atoms with E-state index in [9.17, 15) is 10.0 Å². The predicted octanol–water partition coefficient (Wildman–Crippen LogP) is 1.31. The molecule has 0 aromatic carbocycles. The Balaban J connectivity index is 2.97. The van der Waals surface area contributed by atoms with Gasteiger partial charge < -0.3 is 5.21 Å². The Labute approximate surface area is 76.9 Å². The van der Waals surface area contributed by atoms with Gasteiger partial charge in [-0.3, -0.25) is 4.79 Å². The van der Waals surface area contributed by atoms with Crippen LogP contribution in [0.3, 0.4) is 0 Å². The van der Waals surface area contributed by atoms with Crippen molar-refractivity contribution in [2.75, 3.05) is 0 Å². The van der Waals surface area contributed by atoms with Gasteiger partial charge in [-0.25, -0.2) is 0 Å². The lowest BCUT2D eigenvalue weighted by atomic mass is 10.1. The first-order chi connectivity index (χ1) is 6.09. The highest BCUT2D eigenvalue weighted by atomic mass is 16.5.